The van der Waals surface area contributed by atoms with Gasteiger partial charge in [0.2, 0.25) is 0 Å². The molecule has 0 heterocycles. The highest BCUT2D eigenvalue weighted by Crippen LogP contribution is 2.23. The van der Waals surface area contributed by atoms with Gasteiger partial charge in [-0.2, -0.15) is 0 Å². The third kappa shape index (κ3) is 3.75. The van der Waals surface area contributed by atoms with Crippen LogP contribution in [-0.4, -0.2) is 18.8 Å². The Labute approximate surface area is 116 Å². The first-order chi connectivity index (χ1) is 8.45. The highest BCUT2D eigenvalue weighted by Gasteiger charge is 2.31. The van der Waals surface area contributed by atoms with Crippen LogP contribution in [0.2, 0.25) is 0 Å². The predicted molar refractivity (Wildman–Crippen MR) is 74.6 cm³/mol. The van der Waals surface area contributed by atoms with Gasteiger partial charge in [-0.15, -0.1) is 0 Å². The lowest BCUT2D eigenvalue weighted by Crippen LogP contribution is -2.53. The molecule has 0 amide bonds. The lowest BCUT2D eigenvalue weighted by atomic mass is 9.89. The number of nitrogens with two attached hydrogens (primary N) is 1. The third-order valence-corrected chi connectivity index (χ3v) is 3.93. The molecule has 0 bridgehead atoms. The van der Waals surface area contributed by atoms with Gasteiger partial charge >= 0.3 is 0 Å². The number of hydrazine groups is 1. The van der Waals surface area contributed by atoms with Crippen molar-refractivity contribution in [2.24, 2.45) is 5.84 Å². The second kappa shape index (κ2) is 6.61. The normalized spacial score (nSPS) is 16.3. The summed E-state index contributed by atoms with van der Waals surface area (Å²) in [6.07, 6.45) is 1.42. The number of methoxy groups -OCH3 is 1. The van der Waals surface area contributed by atoms with Crippen LogP contribution in [0.3, 0.4) is 0 Å². The molecular formula is C13H20BrFN2O. The molecule has 0 aliphatic heterocycles. The Morgan fingerprint density at radius 3 is 2.61 bits per heavy atom. The van der Waals surface area contributed by atoms with E-state index in [0.29, 0.717) is 6.42 Å². The van der Waals surface area contributed by atoms with E-state index in [0.717, 1.165) is 16.5 Å². The topological polar surface area (TPSA) is 47.3 Å². The molecule has 1 aromatic rings. The maximum atomic E-state index is 13.3. The number of rotatable bonds is 6. The molecule has 1 aromatic carbocycles. The fourth-order valence-corrected chi connectivity index (χ4v) is 2.46. The molecule has 18 heavy (non-hydrogen) atoms. The molecule has 5 heteroatoms. The standard InChI is InChI=1S/C13H20BrFN2O/c1-4-13(2,18-3)12(17-16)7-9-5-10(14)8-11(15)6-9/h5-6,8,12,17H,4,7,16H2,1-3H3. The van der Waals surface area contributed by atoms with Gasteiger partial charge in [0.15, 0.2) is 0 Å². The maximum absolute atomic E-state index is 13.3. The van der Waals surface area contributed by atoms with E-state index in [1.807, 2.05) is 19.9 Å². The first-order valence-electron chi connectivity index (χ1n) is 5.91. The van der Waals surface area contributed by atoms with Gasteiger partial charge in [0.25, 0.3) is 0 Å². The first-order valence-corrected chi connectivity index (χ1v) is 6.70. The monoisotopic (exact) mass is 318 g/mol. The van der Waals surface area contributed by atoms with E-state index in [4.69, 9.17) is 10.6 Å². The molecule has 0 aliphatic rings. The Balaban J connectivity index is 2.92. The highest BCUT2D eigenvalue weighted by molar-refractivity contribution is 9.10. The minimum Gasteiger partial charge on any atom is -0.377 e. The molecule has 1 rings (SSSR count). The Hall–Kier alpha value is -0.490. The summed E-state index contributed by atoms with van der Waals surface area (Å²) < 4.78 is 19.6. The molecule has 0 saturated carbocycles. The van der Waals surface area contributed by atoms with Crippen molar-refractivity contribution in [3.63, 3.8) is 0 Å². The van der Waals surface area contributed by atoms with E-state index < -0.39 is 0 Å². The van der Waals surface area contributed by atoms with E-state index in [1.54, 1.807) is 7.11 Å². The Kier molecular flexibility index (Phi) is 5.72. The maximum Gasteiger partial charge on any atom is 0.124 e. The minimum atomic E-state index is -0.381. The smallest absolute Gasteiger partial charge is 0.124 e. The van der Waals surface area contributed by atoms with Crippen molar-refractivity contribution < 1.29 is 9.13 Å². The van der Waals surface area contributed by atoms with E-state index in [-0.39, 0.29) is 17.5 Å². The predicted octanol–water partition coefficient (Wildman–Crippen LogP) is 2.78. The van der Waals surface area contributed by atoms with Crippen molar-refractivity contribution in [1.82, 2.24) is 5.43 Å². The second-order valence-corrected chi connectivity index (χ2v) is 5.49. The molecule has 0 fully saturated rings. The molecule has 0 aliphatic carbocycles. The molecule has 3 N–H and O–H groups in total. The lowest BCUT2D eigenvalue weighted by Gasteiger charge is -2.35. The number of hydrogen-bond donors (Lipinski definition) is 2. The van der Waals surface area contributed by atoms with Gasteiger partial charge in [0.1, 0.15) is 5.82 Å². The van der Waals surface area contributed by atoms with Crippen molar-refractivity contribution in [3.05, 3.63) is 34.1 Å². The van der Waals surface area contributed by atoms with Crippen LogP contribution in [0.4, 0.5) is 4.39 Å². The van der Waals surface area contributed by atoms with E-state index in [1.165, 1.54) is 12.1 Å². The zero-order valence-electron chi connectivity index (χ0n) is 11.0. The molecule has 3 nitrogen and oxygen atoms in total. The summed E-state index contributed by atoms with van der Waals surface area (Å²) in [6, 6.07) is 4.75. The van der Waals surface area contributed by atoms with Gasteiger partial charge in [-0.05, 0) is 43.5 Å². The zero-order chi connectivity index (χ0) is 13.8. The van der Waals surface area contributed by atoms with E-state index in [2.05, 4.69) is 21.4 Å². The summed E-state index contributed by atoms with van der Waals surface area (Å²) in [5.41, 5.74) is 3.26. The van der Waals surface area contributed by atoms with E-state index >= 15 is 0 Å². The highest BCUT2D eigenvalue weighted by atomic mass is 79.9. The number of nitrogens with one attached hydrogen (secondary N) is 1. The largest absolute Gasteiger partial charge is 0.377 e. The molecule has 102 valence electrons. The van der Waals surface area contributed by atoms with Crippen LogP contribution in [0, 0.1) is 5.82 Å². The van der Waals surface area contributed by atoms with Crippen LogP contribution in [-0.2, 0) is 11.2 Å². The average Bonchev–Trinajstić information content (AvgIpc) is 2.34. The van der Waals surface area contributed by atoms with Crippen LogP contribution < -0.4 is 11.3 Å². The first kappa shape index (κ1) is 15.6. The van der Waals surface area contributed by atoms with E-state index in [9.17, 15) is 4.39 Å². The van der Waals surface area contributed by atoms with Crippen LogP contribution in [0.25, 0.3) is 0 Å². The number of halogens is 2. The molecule has 2 atom stereocenters. The number of hydrogen-bond acceptors (Lipinski definition) is 3. The molecule has 0 radical (unpaired) electrons. The molecular weight excluding hydrogens is 299 g/mol. The van der Waals surface area contributed by atoms with Gasteiger partial charge in [0.05, 0.1) is 11.6 Å². The lowest BCUT2D eigenvalue weighted by molar-refractivity contribution is -0.0288. The molecule has 0 spiro atoms. The SMILES string of the molecule is CCC(C)(OC)C(Cc1cc(F)cc(Br)c1)NN. The van der Waals surface area contributed by atoms with Gasteiger partial charge < -0.3 is 4.74 Å². The van der Waals surface area contributed by atoms with Crippen LogP contribution in [0.15, 0.2) is 22.7 Å². The Morgan fingerprint density at radius 2 is 2.17 bits per heavy atom. The quantitative estimate of drug-likeness (QED) is 0.626. The van der Waals surface area contributed by atoms with Crippen molar-refractivity contribution in [1.29, 1.82) is 0 Å². The van der Waals surface area contributed by atoms with Crippen LogP contribution >= 0.6 is 15.9 Å². The Bertz CT molecular complexity index is 376. The van der Waals surface area contributed by atoms with Crippen molar-refractivity contribution in [3.8, 4) is 0 Å². The zero-order valence-corrected chi connectivity index (χ0v) is 12.6. The average molecular weight is 319 g/mol. The van der Waals surface area contributed by atoms with Gasteiger partial charge in [-0.1, -0.05) is 22.9 Å². The third-order valence-electron chi connectivity index (χ3n) is 3.47. The van der Waals surface area contributed by atoms with Crippen LogP contribution in [0.5, 0.6) is 0 Å². The summed E-state index contributed by atoms with van der Waals surface area (Å²) in [4.78, 5) is 0. The van der Waals surface area contributed by atoms with Gasteiger partial charge in [-0.3, -0.25) is 11.3 Å². The summed E-state index contributed by atoms with van der Waals surface area (Å²) >= 11 is 3.29. The molecule has 0 aromatic heterocycles. The molecule has 0 saturated heterocycles. The summed E-state index contributed by atoms with van der Waals surface area (Å²) in [5, 5.41) is 0. The van der Waals surface area contributed by atoms with Crippen molar-refractivity contribution >= 4 is 15.9 Å². The summed E-state index contributed by atoms with van der Waals surface area (Å²) in [6.45, 7) is 4.03. The summed E-state index contributed by atoms with van der Waals surface area (Å²) in [7, 11) is 1.66. The van der Waals surface area contributed by atoms with Gasteiger partial charge in [-0.25, -0.2) is 4.39 Å². The number of ether oxygens (including phenoxy) is 1. The molecule has 2 unspecified atom stereocenters. The summed E-state index contributed by atoms with van der Waals surface area (Å²) in [5.74, 6) is 5.34. The van der Waals surface area contributed by atoms with Crippen molar-refractivity contribution in [2.75, 3.05) is 7.11 Å². The van der Waals surface area contributed by atoms with Gasteiger partial charge in [0, 0.05) is 11.6 Å². The van der Waals surface area contributed by atoms with Crippen molar-refractivity contribution in [2.45, 2.75) is 38.3 Å². The fourth-order valence-electron chi connectivity index (χ4n) is 1.95. The Morgan fingerprint density at radius 1 is 1.50 bits per heavy atom. The second-order valence-electron chi connectivity index (χ2n) is 4.57. The number of benzene rings is 1. The fraction of sp³-hybridized carbons (Fsp3) is 0.538. The minimum absolute atomic E-state index is 0.0822. The van der Waals surface area contributed by atoms with Crippen LogP contribution in [0.1, 0.15) is 25.8 Å².